The van der Waals surface area contributed by atoms with Crippen LogP contribution in [0.15, 0.2) is 21.1 Å². The van der Waals surface area contributed by atoms with Crippen LogP contribution in [0.2, 0.25) is 0 Å². The lowest BCUT2D eigenvalue weighted by atomic mass is 9.97. The van der Waals surface area contributed by atoms with Crippen molar-refractivity contribution in [3.63, 3.8) is 0 Å². The first-order valence-corrected chi connectivity index (χ1v) is 9.60. The molecule has 1 amide bonds. The van der Waals surface area contributed by atoms with E-state index in [9.17, 15) is 13.2 Å². The number of allylic oxidation sites excluding steroid dienone is 1. The zero-order chi connectivity index (χ0) is 17.7. The van der Waals surface area contributed by atoms with Gasteiger partial charge in [-0.25, -0.2) is 8.42 Å². The summed E-state index contributed by atoms with van der Waals surface area (Å²) in [6, 6.07) is 0. The molecular weight excluding hydrogens is 330 g/mol. The molecule has 0 radical (unpaired) electrons. The summed E-state index contributed by atoms with van der Waals surface area (Å²) in [6.07, 6.45) is 7.71. The van der Waals surface area contributed by atoms with E-state index in [1.54, 1.807) is 13.8 Å². The predicted molar refractivity (Wildman–Crippen MR) is 90.0 cm³/mol. The average Bonchev–Trinajstić information content (AvgIpc) is 2.87. The van der Waals surface area contributed by atoms with E-state index in [2.05, 4.69) is 16.5 Å². The molecule has 134 valence electrons. The fourth-order valence-electron chi connectivity index (χ4n) is 2.84. The van der Waals surface area contributed by atoms with Gasteiger partial charge < -0.3 is 9.84 Å². The molecule has 1 aromatic heterocycles. The number of nitrogens with zero attached hydrogens (tertiary/aromatic N) is 2. The highest BCUT2D eigenvalue weighted by Gasteiger charge is 2.29. The molecular formula is C16H25N3O4S. The number of carbonyl (C=O) groups excluding carboxylic acids is 1. The summed E-state index contributed by atoms with van der Waals surface area (Å²) in [4.78, 5) is 12.0. The highest BCUT2D eigenvalue weighted by Crippen LogP contribution is 2.22. The Kier molecular flexibility index (Phi) is 6.17. The number of hydrogen-bond donors (Lipinski definition) is 1. The van der Waals surface area contributed by atoms with Gasteiger partial charge in [0.05, 0.1) is 6.54 Å². The van der Waals surface area contributed by atoms with Gasteiger partial charge in [-0.2, -0.15) is 4.31 Å². The molecule has 24 heavy (non-hydrogen) atoms. The van der Waals surface area contributed by atoms with E-state index >= 15 is 0 Å². The third-order valence-electron chi connectivity index (χ3n) is 4.16. The maximum absolute atomic E-state index is 12.5. The number of carbonyl (C=O) groups is 1. The Morgan fingerprint density at radius 2 is 2.12 bits per heavy atom. The highest BCUT2D eigenvalue weighted by atomic mass is 32.2. The van der Waals surface area contributed by atoms with Crippen molar-refractivity contribution in [2.75, 3.05) is 20.1 Å². The van der Waals surface area contributed by atoms with Gasteiger partial charge in [0.2, 0.25) is 15.9 Å². The fourth-order valence-corrected chi connectivity index (χ4v) is 4.25. The second kappa shape index (κ2) is 7.94. The Morgan fingerprint density at radius 1 is 1.38 bits per heavy atom. The van der Waals surface area contributed by atoms with Crippen LogP contribution in [-0.2, 0) is 14.8 Å². The zero-order valence-electron chi connectivity index (χ0n) is 14.5. The van der Waals surface area contributed by atoms with Gasteiger partial charge in [-0.3, -0.25) is 4.79 Å². The quantitative estimate of drug-likeness (QED) is 0.754. The van der Waals surface area contributed by atoms with Crippen LogP contribution in [0.5, 0.6) is 0 Å². The number of likely N-dealkylation sites (N-methyl/N-ethyl adjacent to an activating group) is 1. The van der Waals surface area contributed by atoms with Crippen LogP contribution in [-0.4, -0.2) is 43.9 Å². The predicted octanol–water partition coefficient (Wildman–Crippen LogP) is 1.92. The fraction of sp³-hybridized carbons (Fsp3) is 0.625. The maximum atomic E-state index is 12.5. The van der Waals surface area contributed by atoms with E-state index in [0.29, 0.717) is 12.2 Å². The molecule has 1 aliphatic rings. The van der Waals surface area contributed by atoms with Crippen molar-refractivity contribution in [2.24, 2.45) is 0 Å². The molecule has 0 aromatic carbocycles. The van der Waals surface area contributed by atoms with Gasteiger partial charge in [-0.05, 0) is 46.0 Å². The van der Waals surface area contributed by atoms with Crippen LogP contribution in [0.3, 0.4) is 0 Å². The molecule has 0 saturated heterocycles. The second-order valence-electron chi connectivity index (χ2n) is 6.12. The topological polar surface area (TPSA) is 92.5 Å². The van der Waals surface area contributed by atoms with E-state index in [4.69, 9.17) is 4.52 Å². The smallest absolute Gasteiger partial charge is 0.248 e. The van der Waals surface area contributed by atoms with E-state index in [-0.39, 0.29) is 23.1 Å². The number of amides is 1. The summed E-state index contributed by atoms with van der Waals surface area (Å²) >= 11 is 0. The van der Waals surface area contributed by atoms with Gasteiger partial charge in [0, 0.05) is 13.6 Å². The van der Waals surface area contributed by atoms with E-state index in [0.717, 1.165) is 23.6 Å². The molecule has 0 spiro atoms. The Hall–Kier alpha value is -1.67. The Balaban J connectivity index is 1.88. The van der Waals surface area contributed by atoms with Crippen LogP contribution < -0.4 is 5.32 Å². The molecule has 1 aromatic rings. The van der Waals surface area contributed by atoms with Crippen molar-refractivity contribution in [1.29, 1.82) is 0 Å². The SMILES string of the molecule is Cc1noc(C)c1S(=O)(=O)N(C)CC(=O)NCCC1=CCCCC1. The average molecular weight is 355 g/mol. The summed E-state index contributed by atoms with van der Waals surface area (Å²) in [7, 11) is -2.41. The largest absolute Gasteiger partial charge is 0.360 e. The molecule has 2 rings (SSSR count). The summed E-state index contributed by atoms with van der Waals surface area (Å²) in [5.41, 5.74) is 1.67. The van der Waals surface area contributed by atoms with Gasteiger partial charge in [0.15, 0.2) is 5.76 Å². The van der Waals surface area contributed by atoms with Crippen molar-refractivity contribution in [3.8, 4) is 0 Å². The minimum absolute atomic E-state index is 0.0326. The van der Waals surface area contributed by atoms with Crippen molar-refractivity contribution in [1.82, 2.24) is 14.8 Å². The standard InChI is InChI=1S/C16H25N3O4S/c1-12-16(13(2)23-18-12)24(21,22)19(3)11-15(20)17-10-9-14-7-5-4-6-8-14/h7H,4-6,8-11H2,1-3H3,(H,17,20). The minimum atomic E-state index is -3.79. The summed E-state index contributed by atoms with van der Waals surface area (Å²) in [6.45, 7) is 3.41. The van der Waals surface area contributed by atoms with Crippen LogP contribution in [0.1, 0.15) is 43.6 Å². The van der Waals surface area contributed by atoms with E-state index in [1.807, 2.05) is 0 Å². The van der Waals surface area contributed by atoms with Gasteiger partial charge in [-0.15, -0.1) is 0 Å². The number of hydrogen-bond acceptors (Lipinski definition) is 5. The lowest BCUT2D eigenvalue weighted by molar-refractivity contribution is -0.121. The van der Waals surface area contributed by atoms with Gasteiger partial charge in [0.25, 0.3) is 0 Å². The molecule has 0 saturated carbocycles. The van der Waals surface area contributed by atoms with Crippen LogP contribution in [0.4, 0.5) is 0 Å². The zero-order valence-corrected chi connectivity index (χ0v) is 15.3. The summed E-state index contributed by atoms with van der Waals surface area (Å²) in [5, 5.41) is 6.44. The molecule has 8 heteroatoms. The molecule has 0 atom stereocenters. The monoisotopic (exact) mass is 355 g/mol. The maximum Gasteiger partial charge on any atom is 0.248 e. The number of aromatic nitrogens is 1. The first-order valence-electron chi connectivity index (χ1n) is 8.16. The van der Waals surface area contributed by atoms with Gasteiger partial charge in [0.1, 0.15) is 10.6 Å². The lowest BCUT2D eigenvalue weighted by Gasteiger charge is -2.17. The Labute approximate surface area is 143 Å². The molecule has 1 aliphatic carbocycles. The number of rotatable bonds is 7. The number of aryl methyl sites for hydroxylation is 2. The molecule has 1 N–H and O–H groups in total. The number of sulfonamides is 1. The normalized spacial score (nSPS) is 15.4. The molecule has 7 nitrogen and oxygen atoms in total. The third kappa shape index (κ3) is 4.45. The third-order valence-corrected chi connectivity index (χ3v) is 6.20. The van der Waals surface area contributed by atoms with E-state index < -0.39 is 10.0 Å². The minimum Gasteiger partial charge on any atom is -0.360 e. The molecule has 0 fully saturated rings. The lowest BCUT2D eigenvalue weighted by Crippen LogP contribution is -2.39. The molecule has 0 unspecified atom stereocenters. The van der Waals surface area contributed by atoms with Crippen molar-refractivity contribution in [3.05, 3.63) is 23.1 Å². The molecule has 0 bridgehead atoms. The first kappa shape index (κ1) is 18.7. The Morgan fingerprint density at radius 3 is 2.71 bits per heavy atom. The van der Waals surface area contributed by atoms with Crippen molar-refractivity contribution < 1.29 is 17.7 Å². The highest BCUT2D eigenvalue weighted by molar-refractivity contribution is 7.89. The van der Waals surface area contributed by atoms with Crippen molar-refractivity contribution >= 4 is 15.9 Å². The first-order chi connectivity index (χ1) is 11.3. The van der Waals surface area contributed by atoms with Gasteiger partial charge in [-0.1, -0.05) is 16.8 Å². The van der Waals surface area contributed by atoms with Gasteiger partial charge >= 0.3 is 0 Å². The summed E-state index contributed by atoms with van der Waals surface area (Å²) in [5.74, 6) is -0.0896. The number of nitrogens with one attached hydrogen (secondary N) is 1. The second-order valence-corrected chi connectivity index (χ2v) is 8.10. The van der Waals surface area contributed by atoms with E-state index in [1.165, 1.54) is 25.5 Å². The van der Waals surface area contributed by atoms with Crippen LogP contribution in [0, 0.1) is 13.8 Å². The van der Waals surface area contributed by atoms with Crippen LogP contribution in [0.25, 0.3) is 0 Å². The molecule has 0 aliphatic heterocycles. The summed E-state index contributed by atoms with van der Waals surface area (Å²) < 4.78 is 31.0. The Bertz CT molecular complexity index is 702. The van der Waals surface area contributed by atoms with Crippen LogP contribution >= 0.6 is 0 Å². The molecule has 1 heterocycles. The van der Waals surface area contributed by atoms with Crippen molar-refractivity contribution in [2.45, 2.75) is 50.8 Å².